The Hall–Kier alpha value is -0.980. The summed E-state index contributed by atoms with van der Waals surface area (Å²) in [4.78, 5) is 4.04. The van der Waals surface area contributed by atoms with Crippen LogP contribution in [0.5, 0.6) is 0 Å². The largest absolute Gasteiger partial charge is 0.316 e. The zero-order valence-corrected chi connectivity index (χ0v) is 10.1. The maximum absolute atomic E-state index is 11.5. The van der Waals surface area contributed by atoms with Crippen LogP contribution in [-0.4, -0.2) is 32.2 Å². The molecule has 0 aromatic carbocycles. The average molecular weight is 243 g/mol. The van der Waals surface area contributed by atoms with Gasteiger partial charge in [0.1, 0.15) is 0 Å². The van der Waals surface area contributed by atoms with E-state index in [4.69, 9.17) is 0 Å². The van der Waals surface area contributed by atoms with E-state index in [1.54, 1.807) is 18.3 Å². The van der Waals surface area contributed by atoms with Crippen molar-refractivity contribution in [3.63, 3.8) is 0 Å². The van der Waals surface area contributed by atoms with Crippen molar-refractivity contribution >= 4 is 10.0 Å². The van der Waals surface area contributed by atoms with E-state index in [0.717, 1.165) is 12.2 Å². The molecule has 6 heteroatoms. The first-order valence-electron chi connectivity index (χ1n) is 5.22. The standard InChI is InChI=1S/C10H17N3O2S/c1-2-11-7-8-16(14,15)13-9-10-5-3-4-6-12-10/h3-6,11,13H,2,7-9H2,1H3. The summed E-state index contributed by atoms with van der Waals surface area (Å²) in [7, 11) is -3.20. The van der Waals surface area contributed by atoms with Crippen LogP contribution in [-0.2, 0) is 16.6 Å². The highest BCUT2D eigenvalue weighted by molar-refractivity contribution is 7.89. The van der Waals surface area contributed by atoms with Gasteiger partial charge in [-0.3, -0.25) is 4.98 Å². The van der Waals surface area contributed by atoms with Crippen molar-refractivity contribution in [3.05, 3.63) is 30.1 Å². The third-order valence-electron chi connectivity index (χ3n) is 2.00. The molecule has 0 fully saturated rings. The van der Waals surface area contributed by atoms with E-state index >= 15 is 0 Å². The molecule has 0 spiro atoms. The van der Waals surface area contributed by atoms with E-state index < -0.39 is 10.0 Å². The maximum atomic E-state index is 11.5. The molecular formula is C10H17N3O2S. The van der Waals surface area contributed by atoms with Crippen LogP contribution in [0.25, 0.3) is 0 Å². The first-order chi connectivity index (χ1) is 7.64. The maximum Gasteiger partial charge on any atom is 0.213 e. The van der Waals surface area contributed by atoms with Crippen LogP contribution in [0, 0.1) is 0 Å². The lowest BCUT2D eigenvalue weighted by atomic mass is 10.4. The molecule has 0 aliphatic carbocycles. The molecule has 0 saturated carbocycles. The molecule has 1 rings (SSSR count). The van der Waals surface area contributed by atoms with Crippen molar-refractivity contribution in [2.45, 2.75) is 13.5 Å². The second-order valence-corrected chi connectivity index (χ2v) is 5.24. The number of aromatic nitrogens is 1. The van der Waals surface area contributed by atoms with Gasteiger partial charge in [0.2, 0.25) is 10.0 Å². The fourth-order valence-corrected chi connectivity index (χ4v) is 2.07. The van der Waals surface area contributed by atoms with Crippen molar-refractivity contribution in [2.75, 3.05) is 18.8 Å². The number of pyridine rings is 1. The van der Waals surface area contributed by atoms with Gasteiger partial charge >= 0.3 is 0 Å². The molecule has 0 amide bonds. The third kappa shape index (κ3) is 5.20. The van der Waals surface area contributed by atoms with Gasteiger partial charge in [0.25, 0.3) is 0 Å². The molecule has 5 nitrogen and oxygen atoms in total. The number of hydrogen-bond acceptors (Lipinski definition) is 4. The van der Waals surface area contributed by atoms with Crippen LogP contribution in [0.4, 0.5) is 0 Å². The zero-order chi connectivity index (χ0) is 11.9. The van der Waals surface area contributed by atoms with Gasteiger partial charge in [-0.05, 0) is 18.7 Å². The summed E-state index contributed by atoms with van der Waals surface area (Å²) in [6.07, 6.45) is 1.64. The van der Waals surface area contributed by atoms with Gasteiger partial charge in [0.15, 0.2) is 0 Å². The van der Waals surface area contributed by atoms with Gasteiger partial charge in [-0.15, -0.1) is 0 Å². The van der Waals surface area contributed by atoms with Crippen LogP contribution < -0.4 is 10.0 Å². The Kier molecular flexibility index (Phi) is 5.37. The molecule has 0 saturated heterocycles. The number of rotatable bonds is 7. The monoisotopic (exact) mass is 243 g/mol. The molecule has 0 aliphatic rings. The van der Waals surface area contributed by atoms with Gasteiger partial charge in [0.05, 0.1) is 18.0 Å². The summed E-state index contributed by atoms with van der Waals surface area (Å²) in [5.41, 5.74) is 0.717. The minimum absolute atomic E-state index is 0.0909. The lowest BCUT2D eigenvalue weighted by molar-refractivity contribution is 0.576. The molecule has 1 aromatic heterocycles. The van der Waals surface area contributed by atoms with Gasteiger partial charge in [0, 0.05) is 12.7 Å². The van der Waals surface area contributed by atoms with Gasteiger partial charge in [-0.25, -0.2) is 13.1 Å². The smallest absolute Gasteiger partial charge is 0.213 e. The van der Waals surface area contributed by atoms with Crippen LogP contribution in [0.15, 0.2) is 24.4 Å². The van der Waals surface area contributed by atoms with E-state index in [1.165, 1.54) is 0 Å². The summed E-state index contributed by atoms with van der Waals surface area (Å²) >= 11 is 0. The number of nitrogens with one attached hydrogen (secondary N) is 2. The molecule has 16 heavy (non-hydrogen) atoms. The van der Waals surface area contributed by atoms with Crippen LogP contribution >= 0.6 is 0 Å². The van der Waals surface area contributed by atoms with Gasteiger partial charge in [-0.2, -0.15) is 0 Å². The van der Waals surface area contributed by atoms with Crippen molar-refractivity contribution in [1.29, 1.82) is 0 Å². The Morgan fingerprint density at radius 3 is 2.81 bits per heavy atom. The van der Waals surface area contributed by atoms with E-state index in [-0.39, 0.29) is 12.3 Å². The molecule has 0 unspecified atom stereocenters. The summed E-state index contributed by atoms with van der Waals surface area (Å²) in [5.74, 6) is 0.0909. The normalized spacial score (nSPS) is 11.6. The number of hydrogen-bond donors (Lipinski definition) is 2. The second kappa shape index (κ2) is 6.57. The first kappa shape index (κ1) is 13.1. The quantitative estimate of drug-likeness (QED) is 0.667. The van der Waals surface area contributed by atoms with Crippen molar-refractivity contribution < 1.29 is 8.42 Å². The molecule has 1 aromatic rings. The Bertz CT molecular complexity index is 392. The van der Waals surface area contributed by atoms with Crippen molar-refractivity contribution in [1.82, 2.24) is 15.0 Å². The van der Waals surface area contributed by atoms with E-state index in [1.807, 2.05) is 13.0 Å². The molecular weight excluding hydrogens is 226 g/mol. The van der Waals surface area contributed by atoms with Crippen molar-refractivity contribution in [2.24, 2.45) is 0 Å². The highest BCUT2D eigenvalue weighted by atomic mass is 32.2. The highest BCUT2D eigenvalue weighted by Crippen LogP contribution is 1.94. The summed E-state index contributed by atoms with van der Waals surface area (Å²) < 4.78 is 25.5. The van der Waals surface area contributed by atoms with Gasteiger partial charge < -0.3 is 5.32 Å². The summed E-state index contributed by atoms with van der Waals surface area (Å²) in [6, 6.07) is 5.41. The molecule has 0 bridgehead atoms. The third-order valence-corrected chi connectivity index (χ3v) is 3.32. The number of nitrogens with zero attached hydrogens (tertiary/aromatic N) is 1. The van der Waals surface area contributed by atoms with E-state index in [9.17, 15) is 8.42 Å². The Morgan fingerprint density at radius 2 is 2.19 bits per heavy atom. The van der Waals surface area contributed by atoms with Gasteiger partial charge in [-0.1, -0.05) is 13.0 Å². The predicted octanol–water partition coefficient (Wildman–Crippen LogP) is 0.111. The van der Waals surface area contributed by atoms with Crippen LogP contribution in [0.3, 0.4) is 0 Å². The average Bonchev–Trinajstić information content (AvgIpc) is 2.28. The molecule has 90 valence electrons. The predicted molar refractivity (Wildman–Crippen MR) is 63.4 cm³/mol. The molecule has 0 radical (unpaired) electrons. The molecule has 2 N–H and O–H groups in total. The molecule has 0 atom stereocenters. The minimum Gasteiger partial charge on any atom is -0.316 e. The zero-order valence-electron chi connectivity index (χ0n) is 9.31. The molecule has 0 aliphatic heterocycles. The van der Waals surface area contributed by atoms with E-state index in [2.05, 4.69) is 15.0 Å². The highest BCUT2D eigenvalue weighted by Gasteiger charge is 2.08. The summed E-state index contributed by atoms with van der Waals surface area (Å²) in [6.45, 7) is 3.42. The lowest BCUT2D eigenvalue weighted by Crippen LogP contribution is -2.31. The van der Waals surface area contributed by atoms with E-state index in [0.29, 0.717) is 6.54 Å². The minimum atomic E-state index is -3.20. The van der Waals surface area contributed by atoms with Crippen LogP contribution in [0.2, 0.25) is 0 Å². The Balaban J connectivity index is 2.36. The first-order valence-corrected chi connectivity index (χ1v) is 6.87. The number of sulfonamides is 1. The summed E-state index contributed by atoms with van der Waals surface area (Å²) in [5, 5.41) is 2.97. The Labute approximate surface area is 96.3 Å². The lowest BCUT2D eigenvalue weighted by Gasteiger charge is -2.06. The SMILES string of the molecule is CCNCCS(=O)(=O)NCc1ccccn1. The topological polar surface area (TPSA) is 71.1 Å². The second-order valence-electron chi connectivity index (χ2n) is 3.31. The fraction of sp³-hybridized carbons (Fsp3) is 0.500. The fourth-order valence-electron chi connectivity index (χ4n) is 1.14. The Morgan fingerprint density at radius 1 is 1.38 bits per heavy atom. The van der Waals surface area contributed by atoms with Crippen molar-refractivity contribution in [3.8, 4) is 0 Å². The van der Waals surface area contributed by atoms with Crippen LogP contribution in [0.1, 0.15) is 12.6 Å². The molecule has 1 heterocycles.